The van der Waals surface area contributed by atoms with Gasteiger partial charge in [0.1, 0.15) is 17.6 Å². The van der Waals surface area contributed by atoms with Gasteiger partial charge in [-0.15, -0.1) is 0 Å². The first kappa shape index (κ1) is 25.5. The van der Waals surface area contributed by atoms with Crippen LogP contribution in [0.4, 0.5) is 0 Å². The number of aryl methyl sites for hydroxylation is 1. The molecule has 0 aliphatic rings. The number of halogens is 1. The van der Waals surface area contributed by atoms with E-state index in [1.807, 2.05) is 80.6 Å². The fourth-order valence-corrected chi connectivity index (χ4v) is 4.12. The van der Waals surface area contributed by atoms with E-state index in [2.05, 4.69) is 10.3 Å². The van der Waals surface area contributed by atoms with Gasteiger partial charge in [-0.25, -0.2) is 4.98 Å². The first-order chi connectivity index (χ1) is 17.4. The molecule has 7 heteroatoms. The third-order valence-electron chi connectivity index (χ3n) is 6.13. The van der Waals surface area contributed by atoms with Gasteiger partial charge in [-0.3, -0.25) is 10.1 Å². The van der Waals surface area contributed by atoms with Crippen LogP contribution in [0.2, 0.25) is 5.02 Å². The smallest absolute Gasteiger partial charge is 0.321 e. The van der Waals surface area contributed by atoms with Crippen molar-refractivity contribution in [3.8, 4) is 17.2 Å². The number of carboxylic acids is 1. The SMILES string of the molecule is Cc1oc(-c2ccccc2)nc1CCOc1ccc(C(C)C(NCc2ccc(Cl)cc2)C(=O)O)cc1. The zero-order chi connectivity index (χ0) is 25.5. The Kier molecular flexibility index (Phi) is 8.41. The zero-order valence-corrected chi connectivity index (χ0v) is 21.0. The van der Waals surface area contributed by atoms with Gasteiger partial charge in [0.2, 0.25) is 5.89 Å². The summed E-state index contributed by atoms with van der Waals surface area (Å²) in [6.07, 6.45) is 0.621. The third kappa shape index (κ3) is 6.53. The van der Waals surface area contributed by atoms with Crippen LogP contribution in [-0.4, -0.2) is 28.7 Å². The maximum absolute atomic E-state index is 11.9. The van der Waals surface area contributed by atoms with Crippen molar-refractivity contribution in [1.29, 1.82) is 0 Å². The second kappa shape index (κ2) is 11.9. The molecule has 2 atom stereocenters. The normalized spacial score (nSPS) is 12.8. The molecule has 0 amide bonds. The van der Waals surface area contributed by atoms with E-state index in [-0.39, 0.29) is 5.92 Å². The van der Waals surface area contributed by atoms with Crippen molar-refractivity contribution in [1.82, 2.24) is 10.3 Å². The Balaban J connectivity index is 1.32. The number of oxazole rings is 1. The topological polar surface area (TPSA) is 84.6 Å². The van der Waals surface area contributed by atoms with Crippen LogP contribution >= 0.6 is 11.6 Å². The molecule has 2 unspecified atom stereocenters. The van der Waals surface area contributed by atoms with Crippen LogP contribution in [0.15, 0.2) is 83.3 Å². The molecule has 1 heterocycles. The Hall–Kier alpha value is -3.61. The monoisotopic (exact) mass is 504 g/mol. The lowest BCUT2D eigenvalue weighted by atomic mass is 9.93. The predicted molar refractivity (Wildman–Crippen MR) is 140 cm³/mol. The molecule has 0 aliphatic heterocycles. The standard InChI is InChI=1S/C29H29ClN2O4/c1-19(27(29(33)34)31-18-21-8-12-24(30)13-9-21)22-10-14-25(15-11-22)35-17-16-26-20(2)36-28(32-26)23-6-4-3-5-7-23/h3-15,19,27,31H,16-18H2,1-2H3,(H,33,34). The van der Waals surface area contributed by atoms with Crippen molar-refractivity contribution in [2.45, 2.75) is 38.8 Å². The fraction of sp³-hybridized carbons (Fsp3) is 0.241. The summed E-state index contributed by atoms with van der Waals surface area (Å²) in [4.78, 5) is 16.5. The lowest BCUT2D eigenvalue weighted by molar-refractivity contribution is -0.140. The van der Waals surface area contributed by atoms with Gasteiger partial charge >= 0.3 is 5.97 Å². The van der Waals surface area contributed by atoms with Crippen LogP contribution in [0.25, 0.3) is 11.5 Å². The lowest BCUT2D eigenvalue weighted by Crippen LogP contribution is -2.40. The molecule has 36 heavy (non-hydrogen) atoms. The number of benzene rings is 3. The molecule has 4 aromatic rings. The Labute approximate surface area is 215 Å². The number of nitrogens with one attached hydrogen (secondary N) is 1. The number of hydrogen-bond donors (Lipinski definition) is 2. The number of hydrogen-bond acceptors (Lipinski definition) is 5. The highest BCUT2D eigenvalue weighted by Crippen LogP contribution is 2.24. The molecule has 6 nitrogen and oxygen atoms in total. The number of carboxylic acid groups (broad SMARTS) is 1. The second-order valence-electron chi connectivity index (χ2n) is 8.67. The molecule has 2 N–H and O–H groups in total. The minimum absolute atomic E-state index is 0.238. The molecule has 0 saturated heterocycles. The summed E-state index contributed by atoms with van der Waals surface area (Å²) in [5.74, 6) is 0.982. The third-order valence-corrected chi connectivity index (χ3v) is 6.38. The van der Waals surface area contributed by atoms with E-state index in [0.717, 1.165) is 33.9 Å². The van der Waals surface area contributed by atoms with Gasteiger partial charge < -0.3 is 14.3 Å². The van der Waals surface area contributed by atoms with Crippen LogP contribution in [0.5, 0.6) is 5.75 Å². The Bertz CT molecular complexity index is 1270. The first-order valence-electron chi connectivity index (χ1n) is 11.9. The minimum Gasteiger partial charge on any atom is -0.493 e. The number of aliphatic carboxylic acids is 1. The second-order valence-corrected chi connectivity index (χ2v) is 9.10. The van der Waals surface area contributed by atoms with Gasteiger partial charge in [0, 0.05) is 29.5 Å². The Morgan fingerprint density at radius 3 is 2.42 bits per heavy atom. The summed E-state index contributed by atoms with van der Waals surface area (Å²) in [5.41, 5.74) is 3.70. The highest BCUT2D eigenvalue weighted by molar-refractivity contribution is 6.30. The Morgan fingerprint density at radius 2 is 1.75 bits per heavy atom. The van der Waals surface area contributed by atoms with E-state index < -0.39 is 12.0 Å². The first-order valence-corrected chi connectivity index (χ1v) is 12.2. The number of nitrogens with zero attached hydrogens (tertiary/aromatic N) is 1. The lowest BCUT2D eigenvalue weighted by Gasteiger charge is -2.22. The molecule has 0 aliphatic carbocycles. The molecule has 3 aromatic carbocycles. The summed E-state index contributed by atoms with van der Waals surface area (Å²) in [5, 5.41) is 13.6. The predicted octanol–water partition coefficient (Wildman–Crippen LogP) is 6.27. The number of rotatable bonds is 11. The number of ether oxygens (including phenoxy) is 1. The van der Waals surface area contributed by atoms with E-state index >= 15 is 0 Å². The maximum Gasteiger partial charge on any atom is 0.321 e. The van der Waals surface area contributed by atoms with Crippen LogP contribution in [-0.2, 0) is 17.8 Å². The van der Waals surface area contributed by atoms with E-state index in [4.69, 9.17) is 20.8 Å². The van der Waals surface area contributed by atoms with Gasteiger partial charge in [-0.2, -0.15) is 0 Å². The van der Waals surface area contributed by atoms with Gasteiger partial charge in [-0.1, -0.05) is 61.0 Å². The quantitative estimate of drug-likeness (QED) is 0.250. The van der Waals surface area contributed by atoms with Gasteiger partial charge in [0.15, 0.2) is 0 Å². The number of aromatic nitrogens is 1. The maximum atomic E-state index is 11.9. The molecule has 0 spiro atoms. The number of carbonyl (C=O) groups is 1. The molecule has 0 fully saturated rings. The van der Waals surface area contributed by atoms with Crippen molar-refractivity contribution in [3.05, 3.63) is 106 Å². The molecule has 0 saturated carbocycles. The molecule has 186 valence electrons. The van der Waals surface area contributed by atoms with E-state index in [0.29, 0.717) is 30.5 Å². The highest BCUT2D eigenvalue weighted by Gasteiger charge is 2.25. The Morgan fingerprint density at radius 1 is 1.06 bits per heavy atom. The molecule has 0 bridgehead atoms. The minimum atomic E-state index is -0.894. The summed E-state index contributed by atoms with van der Waals surface area (Å²) < 4.78 is 11.7. The van der Waals surface area contributed by atoms with Crippen LogP contribution < -0.4 is 10.1 Å². The summed E-state index contributed by atoms with van der Waals surface area (Å²) >= 11 is 5.93. The molecular weight excluding hydrogens is 476 g/mol. The van der Waals surface area contributed by atoms with Crippen molar-refractivity contribution >= 4 is 17.6 Å². The largest absolute Gasteiger partial charge is 0.493 e. The van der Waals surface area contributed by atoms with Crippen molar-refractivity contribution in [3.63, 3.8) is 0 Å². The summed E-state index contributed by atoms with van der Waals surface area (Å²) in [7, 11) is 0. The molecule has 1 aromatic heterocycles. The van der Waals surface area contributed by atoms with Crippen LogP contribution in [0.1, 0.15) is 35.4 Å². The van der Waals surface area contributed by atoms with E-state index in [1.165, 1.54) is 0 Å². The van der Waals surface area contributed by atoms with Crippen molar-refractivity contribution in [2.24, 2.45) is 0 Å². The van der Waals surface area contributed by atoms with Crippen LogP contribution in [0, 0.1) is 6.92 Å². The summed E-state index contributed by atoms with van der Waals surface area (Å²) in [6, 6.07) is 24.0. The van der Waals surface area contributed by atoms with Crippen LogP contribution in [0.3, 0.4) is 0 Å². The zero-order valence-electron chi connectivity index (χ0n) is 20.3. The summed E-state index contributed by atoms with van der Waals surface area (Å²) in [6.45, 7) is 4.70. The molecule has 0 radical (unpaired) electrons. The van der Waals surface area contributed by atoms with Crippen molar-refractivity contribution < 1.29 is 19.1 Å². The van der Waals surface area contributed by atoms with E-state index in [9.17, 15) is 9.90 Å². The fourth-order valence-electron chi connectivity index (χ4n) is 4.00. The average molecular weight is 505 g/mol. The van der Waals surface area contributed by atoms with Gasteiger partial charge in [0.25, 0.3) is 0 Å². The molecular formula is C29H29ClN2O4. The highest BCUT2D eigenvalue weighted by atomic mass is 35.5. The average Bonchev–Trinajstić information content (AvgIpc) is 3.26. The van der Waals surface area contributed by atoms with Gasteiger partial charge in [0.05, 0.1) is 12.3 Å². The van der Waals surface area contributed by atoms with Gasteiger partial charge in [-0.05, 0) is 54.4 Å². The van der Waals surface area contributed by atoms with Crippen molar-refractivity contribution in [2.75, 3.05) is 6.61 Å². The van der Waals surface area contributed by atoms with E-state index in [1.54, 1.807) is 12.1 Å². The molecule has 4 rings (SSSR count).